The summed E-state index contributed by atoms with van der Waals surface area (Å²) >= 11 is 9.65. The van der Waals surface area contributed by atoms with E-state index in [4.69, 9.17) is 11.6 Å². The first-order valence-corrected chi connectivity index (χ1v) is 8.32. The van der Waals surface area contributed by atoms with E-state index in [1.165, 1.54) is 11.3 Å². The van der Waals surface area contributed by atoms with Crippen molar-refractivity contribution in [2.24, 2.45) is 0 Å². The first-order chi connectivity index (χ1) is 10.1. The van der Waals surface area contributed by atoms with E-state index >= 15 is 0 Å². The monoisotopic (exact) mass is 364 g/mol. The number of hydrogen-bond acceptors (Lipinski definition) is 2. The third kappa shape index (κ3) is 3.25. The van der Waals surface area contributed by atoms with Crippen molar-refractivity contribution < 1.29 is 0 Å². The fraction of sp³-hybridized carbons (Fsp3) is 0.294. The van der Waals surface area contributed by atoms with Gasteiger partial charge in [0.2, 0.25) is 0 Å². The molecule has 1 saturated heterocycles. The maximum atomic E-state index is 6.12. The number of nitrogens with zero attached hydrogens (tertiary/aromatic N) is 1. The van der Waals surface area contributed by atoms with Gasteiger partial charge in [0.25, 0.3) is 0 Å². The number of rotatable bonds is 2. The summed E-state index contributed by atoms with van der Waals surface area (Å²) in [7, 11) is 0. The second-order valence-electron chi connectivity index (χ2n) is 5.49. The quantitative estimate of drug-likeness (QED) is 0.834. The molecule has 0 bridgehead atoms. The first kappa shape index (κ1) is 14.9. The molecule has 1 heterocycles. The van der Waals surface area contributed by atoms with Crippen molar-refractivity contribution in [3.63, 3.8) is 0 Å². The normalized spacial score (nSPS) is 22.3. The fourth-order valence-corrected chi connectivity index (χ4v) is 3.32. The lowest BCUT2D eigenvalue weighted by atomic mass is 10.0. The van der Waals surface area contributed by atoms with Crippen LogP contribution < -0.4 is 10.2 Å². The minimum atomic E-state index is 0.343. The van der Waals surface area contributed by atoms with Crippen molar-refractivity contribution in [2.75, 3.05) is 18.0 Å². The summed E-state index contributed by atoms with van der Waals surface area (Å²) in [6.45, 7) is 4.15. The molecule has 1 aliphatic heterocycles. The van der Waals surface area contributed by atoms with Crippen LogP contribution >= 0.6 is 27.5 Å². The van der Waals surface area contributed by atoms with Crippen LogP contribution in [0.25, 0.3) is 0 Å². The van der Waals surface area contributed by atoms with Crippen molar-refractivity contribution in [1.29, 1.82) is 0 Å². The lowest BCUT2D eigenvalue weighted by molar-refractivity contribution is 0.416. The van der Waals surface area contributed by atoms with E-state index in [1.54, 1.807) is 0 Å². The summed E-state index contributed by atoms with van der Waals surface area (Å²) < 4.78 is 0.944. The van der Waals surface area contributed by atoms with Crippen LogP contribution in [0.5, 0.6) is 0 Å². The average molecular weight is 366 g/mol. The maximum Gasteiger partial charge on any atom is 0.0667 e. The summed E-state index contributed by atoms with van der Waals surface area (Å²) in [5.41, 5.74) is 2.54. The number of hydrogen-bond donors (Lipinski definition) is 1. The third-order valence-corrected chi connectivity index (χ3v) is 5.14. The molecule has 1 aliphatic rings. The molecule has 0 amide bonds. The molecule has 2 aromatic carbocycles. The van der Waals surface area contributed by atoms with Crippen molar-refractivity contribution in [3.05, 3.63) is 63.6 Å². The largest absolute Gasteiger partial charge is 0.362 e. The molecule has 0 aliphatic carbocycles. The molecule has 1 N–H and O–H groups in total. The number of nitrogens with one attached hydrogen (secondary N) is 1. The predicted molar refractivity (Wildman–Crippen MR) is 93.1 cm³/mol. The Bertz CT molecular complexity index is 617. The van der Waals surface area contributed by atoms with E-state index < -0.39 is 0 Å². The van der Waals surface area contributed by atoms with Crippen molar-refractivity contribution in [2.45, 2.75) is 19.0 Å². The highest BCUT2D eigenvalue weighted by Gasteiger charge is 2.27. The zero-order valence-electron chi connectivity index (χ0n) is 11.9. The van der Waals surface area contributed by atoms with Gasteiger partial charge in [-0.2, -0.15) is 0 Å². The summed E-state index contributed by atoms with van der Waals surface area (Å²) in [6.07, 6.45) is 0. The Balaban J connectivity index is 1.96. The fourth-order valence-electron chi connectivity index (χ4n) is 2.83. The van der Waals surface area contributed by atoms with Crippen LogP contribution in [0, 0.1) is 0 Å². The predicted octanol–water partition coefficient (Wildman–Crippen LogP) is 4.64. The lowest BCUT2D eigenvalue weighted by Gasteiger charge is -2.41. The number of anilines is 1. The summed E-state index contributed by atoms with van der Waals surface area (Å²) in [5.74, 6) is 0. The molecule has 110 valence electrons. The minimum absolute atomic E-state index is 0.343. The molecule has 21 heavy (non-hydrogen) atoms. The molecule has 1 fully saturated rings. The van der Waals surface area contributed by atoms with Gasteiger partial charge in [-0.1, -0.05) is 41.9 Å². The van der Waals surface area contributed by atoms with Gasteiger partial charge in [0.1, 0.15) is 0 Å². The summed E-state index contributed by atoms with van der Waals surface area (Å²) in [4.78, 5) is 2.46. The molecular formula is C17H18BrClN2. The van der Waals surface area contributed by atoms with Gasteiger partial charge >= 0.3 is 0 Å². The second kappa shape index (κ2) is 6.39. The standard InChI is InChI=1S/C17H18BrClN2/c1-12-11-21(14-7-8-16(19)15(18)9-14)17(10-20-12)13-5-3-2-4-6-13/h2-9,12,17,20H,10-11H2,1H3. The van der Waals surface area contributed by atoms with Crippen molar-refractivity contribution >= 4 is 33.2 Å². The van der Waals surface area contributed by atoms with Gasteiger partial charge < -0.3 is 10.2 Å². The molecule has 2 aromatic rings. The van der Waals surface area contributed by atoms with E-state index in [-0.39, 0.29) is 0 Å². The summed E-state index contributed by atoms with van der Waals surface area (Å²) in [5, 5.41) is 4.33. The topological polar surface area (TPSA) is 15.3 Å². The van der Waals surface area contributed by atoms with Crippen molar-refractivity contribution in [3.8, 4) is 0 Å². The molecule has 2 unspecified atom stereocenters. The Labute approximate surface area is 139 Å². The molecule has 0 aromatic heterocycles. The maximum absolute atomic E-state index is 6.12. The van der Waals surface area contributed by atoms with Gasteiger partial charge in [0, 0.05) is 29.3 Å². The van der Waals surface area contributed by atoms with Crippen LogP contribution in [-0.2, 0) is 0 Å². The number of benzene rings is 2. The Hall–Kier alpha value is -1.03. The lowest BCUT2D eigenvalue weighted by Crippen LogP contribution is -2.51. The molecular weight excluding hydrogens is 348 g/mol. The zero-order valence-corrected chi connectivity index (χ0v) is 14.2. The highest BCUT2D eigenvalue weighted by atomic mass is 79.9. The first-order valence-electron chi connectivity index (χ1n) is 7.15. The van der Waals surface area contributed by atoms with Gasteiger partial charge in [-0.05, 0) is 46.6 Å². The van der Waals surface area contributed by atoms with Gasteiger partial charge in [-0.15, -0.1) is 0 Å². The smallest absolute Gasteiger partial charge is 0.0667 e. The van der Waals surface area contributed by atoms with Gasteiger partial charge in [-0.3, -0.25) is 0 Å². The Morgan fingerprint density at radius 3 is 2.67 bits per heavy atom. The van der Waals surface area contributed by atoms with Crippen molar-refractivity contribution in [1.82, 2.24) is 5.32 Å². The SMILES string of the molecule is CC1CN(c2ccc(Cl)c(Br)c2)C(c2ccccc2)CN1. The minimum Gasteiger partial charge on any atom is -0.362 e. The number of piperazine rings is 1. The van der Waals surface area contributed by atoms with E-state index in [0.717, 1.165) is 22.6 Å². The number of halogens is 2. The molecule has 2 nitrogen and oxygen atoms in total. The Morgan fingerprint density at radius 1 is 1.19 bits per heavy atom. The van der Waals surface area contributed by atoms with Crippen LogP contribution in [-0.4, -0.2) is 19.1 Å². The Kier molecular flexibility index (Phi) is 4.53. The molecule has 0 spiro atoms. The van der Waals surface area contributed by atoms with Crippen LogP contribution in [0.4, 0.5) is 5.69 Å². The van der Waals surface area contributed by atoms with E-state index in [1.807, 2.05) is 6.07 Å². The summed E-state index contributed by atoms with van der Waals surface area (Å²) in [6, 6.07) is 17.6. The van der Waals surface area contributed by atoms with Crippen LogP contribution in [0.15, 0.2) is 53.0 Å². The highest BCUT2D eigenvalue weighted by Crippen LogP contribution is 2.33. The second-order valence-corrected chi connectivity index (χ2v) is 6.75. The Morgan fingerprint density at radius 2 is 1.95 bits per heavy atom. The molecule has 0 radical (unpaired) electrons. The highest BCUT2D eigenvalue weighted by molar-refractivity contribution is 9.10. The third-order valence-electron chi connectivity index (χ3n) is 3.93. The van der Waals surface area contributed by atoms with E-state index in [9.17, 15) is 0 Å². The average Bonchev–Trinajstić information content (AvgIpc) is 2.51. The molecule has 2 atom stereocenters. The zero-order chi connectivity index (χ0) is 14.8. The van der Waals surface area contributed by atoms with E-state index in [2.05, 4.69) is 75.5 Å². The van der Waals surface area contributed by atoms with Crippen LogP contribution in [0.2, 0.25) is 5.02 Å². The van der Waals surface area contributed by atoms with E-state index in [0.29, 0.717) is 12.1 Å². The molecule has 4 heteroatoms. The van der Waals surface area contributed by atoms with Gasteiger partial charge in [0.15, 0.2) is 0 Å². The van der Waals surface area contributed by atoms with Crippen LogP contribution in [0.1, 0.15) is 18.5 Å². The van der Waals surface area contributed by atoms with Gasteiger partial charge in [-0.25, -0.2) is 0 Å². The molecule has 0 saturated carbocycles. The van der Waals surface area contributed by atoms with Gasteiger partial charge in [0.05, 0.1) is 11.1 Å². The van der Waals surface area contributed by atoms with Crippen LogP contribution in [0.3, 0.4) is 0 Å². The molecule has 3 rings (SSSR count).